The summed E-state index contributed by atoms with van der Waals surface area (Å²) in [6.45, 7) is 5.53. The lowest BCUT2D eigenvalue weighted by molar-refractivity contribution is -0.156. The van der Waals surface area contributed by atoms with Crippen LogP contribution in [-0.4, -0.2) is 27.6 Å². The Kier molecular flexibility index (Phi) is 8.08. The highest BCUT2D eigenvalue weighted by Crippen LogP contribution is 2.37. The van der Waals surface area contributed by atoms with Crippen molar-refractivity contribution in [2.45, 2.75) is 33.1 Å². The van der Waals surface area contributed by atoms with Crippen molar-refractivity contribution >= 4 is 35.3 Å². The lowest BCUT2D eigenvalue weighted by Crippen LogP contribution is -2.08. The Morgan fingerprint density at radius 3 is 2.41 bits per heavy atom. The average molecular weight is 493 g/mol. The zero-order valence-corrected chi connectivity index (χ0v) is 18.5. The minimum atomic E-state index is -4.64. The first-order chi connectivity index (χ1) is 14.9. The van der Waals surface area contributed by atoms with E-state index in [1.54, 1.807) is 19.2 Å². The fourth-order valence-electron chi connectivity index (χ4n) is 2.83. The average Bonchev–Trinajstić information content (AvgIpc) is 3.05. The van der Waals surface area contributed by atoms with Gasteiger partial charge in [-0.25, -0.2) is 9.37 Å². The van der Waals surface area contributed by atoms with Gasteiger partial charge in [0, 0.05) is 33.6 Å². The van der Waals surface area contributed by atoms with Gasteiger partial charge in [0.1, 0.15) is 11.9 Å². The molecule has 0 bridgehead atoms. The van der Waals surface area contributed by atoms with Crippen LogP contribution in [0.2, 0.25) is 10.0 Å². The van der Waals surface area contributed by atoms with E-state index in [9.17, 15) is 17.6 Å². The fraction of sp³-hybridized carbons (Fsp3) is 0.250. The molecule has 2 heterocycles. The molecule has 3 rings (SSSR count). The minimum Gasteiger partial charge on any atom is -0.482 e. The molecule has 0 amide bonds. The number of aryl methyl sites for hydroxylation is 2. The number of ether oxygens (including phenoxy) is 1. The smallest absolute Gasteiger partial charge is 0.446 e. The second kappa shape index (κ2) is 10.2. The van der Waals surface area contributed by atoms with Gasteiger partial charge < -0.3 is 10.5 Å². The minimum absolute atomic E-state index is 0.0748. The number of H-pyrrole nitrogens is 1. The molecule has 0 saturated heterocycles. The molecule has 1 atom stereocenters. The van der Waals surface area contributed by atoms with Crippen LogP contribution in [0.25, 0.3) is 11.1 Å². The summed E-state index contributed by atoms with van der Waals surface area (Å²) < 4.78 is 50.9. The van der Waals surface area contributed by atoms with E-state index < -0.39 is 24.4 Å². The molecule has 32 heavy (non-hydrogen) atoms. The summed E-state index contributed by atoms with van der Waals surface area (Å²) in [4.78, 5) is 12.9. The van der Waals surface area contributed by atoms with Crippen LogP contribution >= 0.6 is 23.2 Å². The van der Waals surface area contributed by atoms with Gasteiger partial charge >= 0.3 is 6.18 Å². The number of alkyl halides is 3. The number of aldehydes is 1. The van der Waals surface area contributed by atoms with Gasteiger partial charge in [-0.1, -0.05) is 23.2 Å². The molecule has 172 valence electrons. The first-order valence-electron chi connectivity index (χ1n) is 8.96. The second-order valence-electron chi connectivity index (χ2n) is 6.59. The predicted octanol–water partition coefficient (Wildman–Crippen LogP) is 6.00. The van der Waals surface area contributed by atoms with Crippen molar-refractivity contribution < 1.29 is 27.1 Å². The highest BCUT2D eigenvalue weighted by Gasteiger charge is 2.25. The molecule has 0 spiro atoms. The number of halogens is 6. The summed E-state index contributed by atoms with van der Waals surface area (Å²) in [6.07, 6.45) is -4.68. The third-order valence-corrected chi connectivity index (χ3v) is 4.94. The number of carbonyl (C=O) groups is 1. The molecule has 2 aromatic heterocycles. The molecule has 3 N–H and O–H groups in total. The van der Waals surface area contributed by atoms with Crippen LogP contribution in [0.4, 0.5) is 23.4 Å². The van der Waals surface area contributed by atoms with E-state index in [1.165, 1.54) is 12.1 Å². The number of nitrogens with zero attached hydrogens (tertiary/aromatic N) is 2. The molecule has 1 unspecified atom stereocenters. The number of pyridine rings is 1. The van der Waals surface area contributed by atoms with Crippen molar-refractivity contribution in [3.63, 3.8) is 0 Å². The number of hydrogen-bond donors (Lipinski definition) is 2. The van der Waals surface area contributed by atoms with Crippen molar-refractivity contribution in [2.75, 3.05) is 5.73 Å². The van der Waals surface area contributed by atoms with Gasteiger partial charge in [-0.3, -0.25) is 9.89 Å². The van der Waals surface area contributed by atoms with Crippen LogP contribution in [0.1, 0.15) is 30.0 Å². The number of carbonyl (C=O) groups excluding carboxylic acids is 1. The van der Waals surface area contributed by atoms with Crippen molar-refractivity contribution in [3.8, 4) is 16.9 Å². The molecule has 0 aliphatic rings. The number of hydrogen-bond acceptors (Lipinski definition) is 5. The molecule has 1 aromatic carbocycles. The third-order valence-electron chi connectivity index (χ3n) is 4.22. The maximum absolute atomic E-state index is 13.8. The molecule has 0 aliphatic heterocycles. The monoisotopic (exact) mass is 492 g/mol. The third kappa shape index (κ3) is 6.10. The number of rotatable bonds is 4. The Morgan fingerprint density at radius 2 is 1.88 bits per heavy atom. The molecular weight excluding hydrogens is 475 g/mol. The number of nitrogens with one attached hydrogen (secondary N) is 1. The molecule has 12 heteroatoms. The SMILES string of the molecule is Cc1n[nH]c(C)c1-c1cnc(N)c(OC(C)c2c(Cl)ccc(F)c2Cl)c1.O=CC(F)(F)F. The van der Waals surface area contributed by atoms with E-state index in [4.69, 9.17) is 38.5 Å². The van der Waals surface area contributed by atoms with E-state index >= 15 is 0 Å². The molecule has 0 saturated carbocycles. The second-order valence-corrected chi connectivity index (χ2v) is 7.38. The van der Waals surface area contributed by atoms with E-state index in [-0.39, 0.29) is 10.8 Å². The predicted molar refractivity (Wildman–Crippen MR) is 113 cm³/mol. The van der Waals surface area contributed by atoms with Crippen LogP contribution in [0.3, 0.4) is 0 Å². The van der Waals surface area contributed by atoms with Crippen LogP contribution in [0.5, 0.6) is 5.75 Å². The Morgan fingerprint density at radius 1 is 1.25 bits per heavy atom. The van der Waals surface area contributed by atoms with Gasteiger partial charge in [0.25, 0.3) is 0 Å². The quantitative estimate of drug-likeness (QED) is 0.264. The molecule has 0 fully saturated rings. The summed E-state index contributed by atoms with van der Waals surface area (Å²) in [6, 6.07) is 4.42. The molecule has 0 radical (unpaired) electrons. The number of nitrogens with two attached hydrogens (primary N) is 1. The lowest BCUT2D eigenvalue weighted by Gasteiger charge is -2.19. The van der Waals surface area contributed by atoms with Crippen LogP contribution in [0, 0.1) is 19.7 Å². The van der Waals surface area contributed by atoms with Gasteiger partial charge in [-0.15, -0.1) is 0 Å². The van der Waals surface area contributed by atoms with Crippen molar-refractivity contribution in [2.24, 2.45) is 0 Å². The number of benzene rings is 1. The summed E-state index contributed by atoms with van der Waals surface area (Å²) in [5, 5.41) is 7.35. The van der Waals surface area contributed by atoms with E-state index in [0.29, 0.717) is 16.3 Å². The largest absolute Gasteiger partial charge is 0.482 e. The molecular formula is C20H18Cl2F4N4O2. The maximum Gasteiger partial charge on any atom is 0.446 e. The summed E-state index contributed by atoms with van der Waals surface area (Å²) >= 11 is 12.2. The molecule has 0 aliphatic carbocycles. The number of aromatic amines is 1. The zero-order chi connectivity index (χ0) is 24.2. The summed E-state index contributed by atoms with van der Waals surface area (Å²) in [5.74, 6) is 0.000421. The highest BCUT2D eigenvalue weighted by molar-refractivity contribution is 6.36. The molecule has 6 nitrogen and oxygen atoms in total. The first kappa shape index (κ1) is 25.4. The number of nitrogen functional groups attached to an aromatic ring is 1. The van der Waals surface area contributed by atoms with E-state index in [1.807, 2.05) is 13.8 Å². The Balaban J connectivity index is 0.000000534. The standard InChI is InChI=1S/C18H17Cl2FN4O.C2HF3O/c1-8-15(9(2)25-24-8)11-6-14(18(22)23-7-11)26-10(3)16-12(19)4-5-13(21)17(16)20;3-2(4,5)1-6/h4-7,10H,1-3H3,(H2,22,23)(H,24,25);1H. The number of anilines is 1. The van der Waals surface area contributed by atoms with Gasteiger partial charge in [-0.05, 0) is 39.0 Å². The lowest BCUT2D eigenvalue weighted by atomic mass is 10.1. The van der Waals surface area contributed by atoms with Crippen LogP contribution in [-0.2, 0) is 4.79 Å². The van der Waals surface area contributed by atoms with Crippen molar-refractivity contribution in [1.82, 2.24) is 15.2 Å². The van der Waals surface area contributed by atoms with Crippen molar-refractivity contribution in [3.05, 3.63) is 57.2 Å². The van der Waals surface area contributed by atoms with E-state index in [2.05, 4.69) is 15.2 Å². The van der Waals surface area contributed by atoms with Gasteiger partial charge in [0.15, 0.2) is 11.6 Å². The zero-order valence-electron chi connectivity index (χ0n) is 17.0. The topological polar surface area (TPSA) is 93.9 Å². The number of aromatic nitrogens is 3. The maximum atomic E-state index is 13.8. The van der Waals surface area contributed by atoms with Crippen LogP contribution in [0.15, 0.2) is 24.4 Å². The summed E-state index contributed by atoms with van der Waals surface area (Å²) in [7, 11) is 0. The Bertz CT molecular complexity index is 1100. The van der Waals surface area contributed by atoms with Crippen molar-refractivity contribution in [1.29, 1.82) is 0 Å². The van der Waals surface area contributed by atoms with E-state index in [0.717, 1.165) is 22.5 Å². The Labute approximate surface area is 190 Å². The first-order valence-corrected chi connectivity index (χ1v) is 9.71. The fourth-order valence-corrected chi connectivity index (χ4v) is 3.51. The van der Waals surface area contributed by atoms with Gasteiger partial charge in [0.2, 0.25) is 6.29 Å². The molecule has 3 aromatic rings. The highest BCUT2D eigenvalue weighted by atomic mass is 35.5. The summed E-state index contributed by atoms with van der Waals surface area (Å²) in [5.41, 5.74) is 9.79. The van der Waals surface area contributed by atoms with Crippen LogP contribution < -0.4 is 10.5 Å². The Hall–Kier alpha value is -2.85. The normalized spacial score (nSPS) is 12.0. The van der Waals surface area contributed by atoms with Gasteiger partial charge in [-0.2, -0.15) is 18.3 Å². The van der Waals surface area contributed by atoms with Gasteiger partial charge in [0.05, 0.1) is 10.7 Å².